The molecule has 2 aliphatic rings. The van der Waals surface area contributed by atoms with Gasteiger partial charge < -0.3 is 9.73 Å². The number of carbonyl (C=O) groups excluding carboxylic acids is 1. The summed E-state index contributed by atoms with van der Waals surface area (Å²) in [4.78, 5) is 27.3. The van der Waals surface area contributed by atoms with Crippen LogP contribution < -0.4 is 11.1 Å². The minimum atomic E-state index is -0.490. The lowest BCUT2D eigenvalue weighted by atomic mass is 10.0. The van der Waals surface area contributed by atoms with E-state index in [1.165, 1.54) is 15.7 Å². The number of nitrogens with zero attached hydrogens (tertiary/aromatic N) is 2. The van der Waals surface area contributed by atoms with Crippen LogP contribution in [0.25, 0.3) is 11.1 Å². The quantitative estimate of drug-likeness (QED) is 0.741. The second-order valence-electron chi connectivity index (χ2n) is 8.15. The number of fused-ring (bicyclic) bond motifs is 2. The van der Waals surface area contributed by atoms with E-state index in [0.717, 1.165) is 38.8 Å². The van der Waals surface area contributed by atoms with Crippen LogP contribution in [0.2, 0.25) is 0 Å². The van der Waals surface area contributed by atoms with Crippen molar-refractivity contribution in [3.05, 3.63) is 70.2 Å². The number of nitrogens with one attached hydrogen (secondary N) is 1. The van der Waals surface area contributed by atoms with Gasteiger partial charge >= 0.3 is 5.76 Å². The van der Waals surface area contributed by atoms with E-state index in [4.69, 9.17) is 4.42 Å². The van der Waals surface area contributed by atoms with Crippen LogP contribution in [0.1, 0.15) is 24.0 Å². The van der Waals surface area contributed by atoms with E-state index < -0.39 is 5.76 Å². The lowest BCUT2D eigenvalue weighted by molar-refractivity contribution is -0.122. The van der Waals surface area contributed by atoms with Gasteiger partial charge in [-0.15, -0.1) is 0 Å². The molecule has 1 fully saturated rings. The van der Waals surface area contributed by atoms with Gasteiger partial charge in [0.15, 0.2) is 5.58 Å². The first-order chi connectivity index (χ1) is 14.2. The topological polar surface area (TPSA) is 67.5 Å². The molecule has 1 saturated heterocycles. The molecular formula is C23H25N3O3. The fourth-order valence-electron chi connectivity index (χ4n) is 4.83. The number of carbonyl (C=O) groups is 1. The monoisotopic (exact) mass is 391 g/mol. The van der Waals surface area contributed by atoms with Crippen molar-refractivity contribution in [1.29, 1.82) is 0 Å². The van der Waals surface area contributed by atoms with Crippen LogP contribution in [0.4, 0.5) is 0 Å². The van der Waals surface area contributed by atoms with Crippen molar-refractivity contribution < 1.29 is 9.21 Å². The van der Waals surface area contributed by atoms with E-state index >= 15 is 0 Å². The Morgan fingerprint density at radius 1 is 1.07 bits per heavy atom. The van der Waals surface area contributed by atoms with E-state index in [0.29, 0.717) is 17.1 Å². The van der Waals surface area contributed by atoms with E-state index in [-0.39, 0.29) is 18.5 Å². The maximum Gasteiger partial charge on any atom is 0.420 e. The molecule has 5 rings (SSSR count). The summed E-state index contributed by atoms with van der Waals surface area (Å²) in [7, 11) is 0. The number of benzene rings is 2. The van der Waals surface area contributed by atoms with Gasteiger partial charge in [0.25, 0.3) is 0 Å². The van der Waals surface area contributed by atoms with Crippen molar-refractivity contribution in [2.75, 3.05) is 13.1 Å². The van der Waals surface area contributed by atoms with Gasteiger partial charge in [-0.25, -0.2) is 4.79 Å². The van der Waals surface area contributed by atoms with Crippen LogP contribution in [0.3, 0.4) is 0 Å². The number of oxazole rings is 1. The molecule has 0 bridgehead atoms. The summed E-state index contributed by atoms with van der Waals surface area (Å²) in [6.07, 6.45) is 4.23. The van der Waals surface area contributed by atoms with Crippen LogP contribution >= 0.6 is 0 Å². The molecule has 29 heavy (non-hydrogen) atoms. The highest BCUT2D eigenvalue weighted by molar-refractivity contribution is 5.79. The van der Waals surface area contributed by atoms with Gasteiger partial charge in [0.05, 0.1) is 5.52 Å². The predicted octanol–water partition coefficient (Wildman–Crippen LogP) is 2.34. The Hall–Kier alpha value is -2.86. The molecule has 1 N–H and O–H groups in total. The van der Waals surface area contributed by atoms with Gasteiger partial charge in [-0.05, 0) is 55.5 Å². The van der Waals surface area contributed by atoms with Crippen molar-refractivity contribution in [3.63, 3.8) is 0 Å². The lowest BCUT2D eigenvalue weighted by Gasteiger charge is -2.37. The number of hydrogen-bond donors (Lipinski definition) is 1. The minimum Gasteiger partial charge on any atom is -0.408 e. The summed E-state index contributed by atoms with van der Waals surface area (Å²) in [5.41, 5.74) is 4.07. The van der Waals surface area contributed by atoms with Gasteiger partial charge in [-0.3, -0.25) is 14.3 Å². The summed E-state index contributed by atoms with van der Waals surface area (Å²) >= 11 is 0. The first-order valence-electron chi connectivity index (χ1n) is 10.4. The van der Waals surface area contributed by atoms with Crippen molar-refractivity contribution in [2.24, 2.45) is 0 Å². The van der Waals surface area contributed by atoms with Gasteiger partial charge in [0, 0.05) is 18.6 Å². The minimum absolute atomic E-state index is 0.0127. The molecule has 6 nitrogen and oxygen atoms in total. The number of hydrogen-bond acceptors (Lipinski definition) is 4. The lowest BCUT2D eigenvalue weighted by Crippen LogP contribution is -2.51. The summed E-state index contributed by atoms with van der Waals surface area (Å²) in [6, 6.07) is 16.5. The fourth-order valence-corrected chi connectivity index (χ4v) is 4.83. The molecule has 0 unspecified atom stereocenters. The van der Waals surface area contributed by atoms with Crippen LogP contribution in [0.15, 0.2) is 57.7 Å². The molecule has 6 heteroatoms. The molecule has 2 aromatic carbocycles. The third-order valence-corrected chi connectivity index (χ3v) is 6.24. The standard InChI is InChI=1S/C23H25N3O3/c27-22(15-26-20-9-3-4-10-21(20)29-23(26)28)24-18-8-5-11-25(14-18)19-12-16-6-1-2-7-17(16)13-19/h1-4,6-7,9-10,18-19H,5,8,11-15H2,(H,24,27)/t18-/m1/s1. The third kappa shape index (κ3) is 3.60. The Bertz CT molecular complexity index is 1070. The molecule has 1 aliphatic heterocycles. The highest BCUT2D eigenvalue weighted by Crippen LogP contribution is 2.27. The fraction of sp³-hybridized carbons (Fsp3) is 0.391. The Balaban J connectivity index is 1.22. The summed E-state index contributed by atoms with van der Waals surface area (Å²) in [5.74, 6) is -0.629. The van der Waals surface area contributed by atoms with Crippen molar-refractivity contribution in [1.82, 2.24) is 14.8 Å². The summed E-state index contributed by atoms with van der Waals surface area (Å²) in [5, 5.41) is 3.14. The van der Waals surface area contributed by atoms with E-state index in [9.17, 15) is 9.59 Å². The van der Waals surface area contributed by atoms with Crippen LogP contribution in [0, 0.1) is 0 Å². The molecule has 1 aliphatic carbocycles. The second kappa shape index (κ2) is 7.52. The molecule has 1 amide bonds. The van der Waals surface area contributed by atoms with E-state index in [1.54, 1.807) is 12.1 Å². The molecule has 0 radical (unpaired) electrons. The molecule has 0 saturated carbocycles. The number of aromatic nitrogens is 1. The van der Waals surface area contributed by atoms with Crippen LogP contribution in [-0.2, 0) is 24.2 Å². The van der Waals surface area contributed by atoms with Crippen LogP contribution in [0.5, 0.6) is 0 Å². The molecule has 3 aromatic rings. The molecule has 1 atom stereocenters. The first kappa shape index (κ1) is 18.2. The normalized spacial score (nSPS) is 20.1. The van der Waals surface area contributed by atoms with Gasteiger partial charge in [-0.2, -0.15) is 0 Å². The zero-order chi connectivity index (χ0) is 19.8. The predicted molar refractivity (Wildman–Crippen MR) is 111 cm³/mol. The smallest absolute Gasteiger partial charge is 0.408 e. The number of piperidine rings is 1. The Morgan fingerprint density at radius 3 is 2.59 bits per heavy atom. The highest BCUT2D eigenvalue weighted by Gasteiger charge is 2.31. The molecule has 150 valence electrons. The van der Waals surface area contributed by atoms with Gasteiger partial charge in [-0.1, -0.05) is 36.4 Å². The average molecular weight is 391 g/mol. The van der Waals surface area contributed by atoms with Gasteiger partial charge in [0.2, 0.25) is 5.91 Å². The molecule has 2 heterocycles. The average Bonchev–Trinajstić information content (AvgIpc) is 3.29. The SMILES string of the molecule is O=C(Cn1c(=O)oc2ccccc21)N[C@@H]1CCCN(C2Cc3ccccc3C2)C1. The molecule has 0 spiro atoms. The zero-order valence-corrected chi connectivity index (χ0v) is 16.3. The maximum absolute atomic E-state index is 12.7. The number of rotatable bonds is 4. The third-order valence-electron chi connectivity index (χ3n) is 6.24. The summed E-state index contributed by atoms with van der Waals surface area (Å²) < 4.78 is 6.63. The largest absolute Gasteiger partial charge is 0.420 e. The van der Waals surface area contributed by atoms with Crippen LogP contribution in [-0.4, -0.2) is 40.5 Å². The Morgan fingerprint density at radius 2 is 1.79 bits per heavy atom. The maximum atomic E-state index is 12.7. The van der Waals surface area contributed by atoms with E-state index in [2.05, 4.69) is 34.5 Å². The Labute approximate surface area is 169 Å². The first-order valence-corrected chi connectivity index (χ1v) is 10.4. The second-order valence-corrected chi connectivity index (χ2v) is 8.15. The molecular weight excluding hydrogens is 366 g/mol. The summed E-state index contributed by atoms with van der Waals surface area (Å²) in [6.45, 7) is 1.93. The Kier molecular flexibility index (Phi) is 4.72. The zero-order valence-electron chi connectivity index (χ0n) is 16.3. The van der Waals surface area contributed by atoms with Crippen molar-refractivity contribution >= 4 is 17.0 Å². The molecule has 1 aromatic heterocycles. The number of likely N-dealkylation sites (tertiary alicyclic amines) is 1. The number of amides is 1. The highest BCUT2D eigenvalue weighted by atomic mass is 16.4. The van der Waals surface area contributed by atoms with E-state index in [1.807, 2.05) is 12.1 Å². The number of para-hydroxylation sites is 2. The van der Waals surface area contributed by atoms with Crippen molar-refractivity contribution in [3.8, 4) is 0 Å². The van der Waals surface area contributed by atoms with Crippen molar-refractivity contribution in [2.45, 2.75) is 44.3 Å². The van der Waals surface area contributed by atoms with Gasteiger partial charge in [0.1, 0.15) is 6.54 Å².